The lowest BCUT2D eigenvalue weighted by atomic mass is 10.3. The fraction of sp³-hybridized carbons (Fsp3) is 0.400. The number of hydrogen-bond donors (Lipinski definition) is 1. The quantitative estimate of drug-likeness (QED) is 0.635. The van der Waals surface area contributed by atoms with Gasteiger partial charge in [0, 0.05) is 6.07 Å². The highest BCUT2D eigenvalue weighted by molar-refractivity contribution is 6.37. The van der Waals surface area contributed by atoms with Crippen molar-refractivity contribution in [1.29, 1.82) is 0 Å². The first-order valence-corrected chi connectivity index (χ1v) is 5.28. The summed E-state index contributed by atoms with van der Waals surface area (Å²) in [6, 6.07) is 3.25. The molecular formula is C10H13Cl2NO. The van der Waals surface area contributed by atoms with Crippen molar-refractivity contribution in [2.24, 2.45) is 0 Å². The largest absolute Gasteiger partial charge is 0.492 e. The fourth-order valence-corrected chi connectivity index (χ4v) is 1.42. The standard InChI is InChI=1S/C10H13Cl2NO/c1-2-3-4-14-10-6-9(13)7(11)5-8(10)12/h5-6H,2-4,13H2,1H3. The fourth-order valence-electron chi connectivity index (χ4n) is 0.982. The molecule has 0 atom stereocenters. The molecular weight excluding hydrogens is 221 g/mol. The SMILES string of the molecule is CCCCOc1cc(N)c(Cl)cc1Cl. The van der Waals surface area contributed by atoms with E-state index in [1.165, 1.54) is 0 Å². The van der Waals surface area contributed by atoms with Crippen LogP contribution in [0.4, 0.5) is 5.69 Å². The third-order valence-electron chi connectivity index (χ3n) is 1.81. The van der Waals surface area contributed by atoms with Crippen molar-refractivity contribution >= 4 is 28.9 Å². The first kappa shape index (κ1) is 11.5. The number of ether oxygens (including phenoxy) is 1. The van der Waals surface area contributed by atoms with E-state index in [9.17, 15) is 0 Å². The third kappa shape index (κ3) is 2.96. The van der Waals surface area contributed by atoms with Crippen molar-refractivity contribution in [3.05, 3.63) is 22.2 Å². The Balaban J connectivity index is 2.72. The van der Waals surface area contributed by atoms with Crippen LogP contribution in [-0.4, -0.2) is 6.61 Å². The Morgan fingerprint density at radius 3 is 2.64 bits per heavy atom. The lowest BCUT2D eigenvalue weighted by Gasteiger charge is -2.08. The second-order valence-electron chi connectivity index (χ2n) is 3.01. The molecule has 2 N–H and O–H groups in total. The molecule has 0 aromatic heterocycles. The highest BCUT2D eigenvalue weighted by atomic mass is 35.5. The van der Waals surface area contributed by atoms with Crippen LogP contribution in [0.5, 0.6) is 5.75 Å². The van der Waals surface area contributed by atoms with Crippen LogP contribution in [0, 0.1) is 0 Å². The maximum atomic E-state index is 5.92. The normalized spacial score (nSPS) is 10.2. The molecule has 0 radical (unpaired) electrons. The number of unbranched alkanes of at least 4 members (excludes halogenated alkanes) is 1. The van der Waals surface area contributed by atoms with Crippen LogP contribution in [0.15, 0.2) is 12.1 Å². The molecule has 0 aliphatic carbocycles. The van der Waals surface area contributed by atoms with Gasteiger partial charge in [-0.05, 0) is 12.5 Å². The smallest absolute Gasteiger partial charge is 0.140 e. The molecule has 0 amide bonds. The molecule has 1 rings (SSSR count). The molecule has 4 heteroatoms. The average Bonchev–Trinajstić information content (AvgIpc) is 2.14. The van der Waals surface area contributed by atoms with E-state index in [0.717, 1.165) is 12.8 Å². The van der Waals surface area contributed by atoms with Crippen molar-refractivity contribution in [3.8, 4) is 5.75 Å². The van der Waals surface area contributed by atoms with Crippen molar-refractivity contribution in [2.45, 2.75) is 19.8 Å². The maximum Gasteiger partial charge on any atom is 0.140 e. The van der Waals surface area contributed by atoms with Crippen molar-refractivity contribution in [1.82, 2.24) is 0 Å². The number of halogens is 2. The monoisotopic (exact) mass is 233 g/mol. The summed E-state index contributed by atoms with van der Waals surface area (Å²) in [6.45, 7) is 2.75. The minimum Gasteiger partial charge on any atom is -0.492 e. The van der Waals surface area contributed by atoms with Gasteiger partial charge < -0.3 is 10.5 Å². The van der Waals surface area contributed by atoms with Crippen LogP contribution >= 0.6 is 23.2 Å². The molecule has 14 heavy (non-hydrogen) atoms. The maximum absolute atomic E-state index is 5.92. The summed E-state index contributed by atoms with van der Waals surface area (Å²) < 4.78 is 5.44. The van der Waals surface area contributed by atoms with Crippen LogP contribution in [-0.2, 0) is 0 Å². The Morgan fingerprint density at radius 1 is 1.29 bits per heavy atom. The summed E-state index contributed by atoms with van der Waals surface area (Å²) in [5, 5.41) is 0.957. The van der Waals surface area contributed by atoms with Crippen molar-refractivity contribution in [3.63, 3.8) is 0 Å². The Labute approximate surface area is 94.0 Å². The van der Waals surface area contributed by atoms with Gasteiger partial charge in [-0.25, -0.2) is 0 Å². The van der Waals surface area contributed by atoms with Gasteiger partial charge in [-0.15, -0.1) is 0 Å². The van der Waals surface area contributed by atoms with Crippen molar-refractivity contribution in [2.75, 3.05) is 12.3 Å². The predicted molar refractivity (Wildman–Crippen MR) is 61.3 cm³/mol. The molecule has 0 bridgehead atoms. The Hall–Kier alpha value is -0.600. The van der Waals surface area contributed by atoms with Gasteiger partial charge in [0.05, 0.1) is 22.3 Å². The first-order chi connectivity index (χ1) is 6.65. The number of benzene rings is 1. The van der Waals surface area contributed by atoms with Crippen LogP contribution in [0.1, 0.15) is 19.8 Å². The number of rotatable bonds is 4. The average molecular weight is 234 g/mol. The van der Waals surface area contributed by atoms with Gasteiger partial charge in [0.2, 0.25) is 0 Å². The molecule has 0 saturated heterocycles. The Bertz CT molecular complexity index is 315. The highest BCUT2D eigenvalue weighted by Gasteiger charge is 2.05. The lowest BCUT2D eigenvalue weighted by Crippen LogP contribution is -1.98. The summed E-state index contributed by atoms with van der Waals surface area (Å²) >= 11 is 11.7. The zero-order valence-electron chi connectivity index (χ0n) is 8.02. The Kier molecular flexibility index (Phi) is 4.36. The van der Waals surface area contributed by atoms with Crippen LogP contribution in [0.25, 0.3) is 0 Å². The second kappa shape index (κ2) is 5.32. The van der Waals surface area contributed by atoms with Gasteiger partial charge in [0.25, 0.3) is 0 Å². The van der Waals surface area contributed by atoms with E-state index in [2.05, 4.69) is 6.92 Å². The zero-order chi connectivity index (χ0) is 10.6. The van der Waals surface area contributed by atoms with Gasteiger partial charge in [-0.3, -0.25) is 0 Å². The van der Waals surface area contributed by atoms with Crippen LogP contribution in [0.3, 0.4) is 0 Å². The summed E-state index contributed by atoms with van der Waals surface area (Å²) in [5.41, 5.74) is 6.11. The number of hydrogen-bond acceptors (Lipinski definition) is 2. The molecule has 1 aromatic carbocycles. The summed E-state index contributed by atoms with van der Waals surface area (Å²) in [7, 11) is 0. The molecule has 0 saturated carbocycles. The van der Waals surface area contributed by atoms with E-state index in [4.69, 9.17) is 33.7 Å². The number of nitrogen functional groups attached to an aromatic ring is 1. The van der Waals surface area contributed by atoms with E-state index in [1.54, 1.807) is 12.1 Å². The topological polar surface area (TPSA) is 35.2 Å². The molecule has 0 spiro atoms. The van der Waals surface area contributed by atoms with E-state index < -0.39 is 0 Å². The van der Waals surface area contributed by atoms with E-state index in [1.807, 2.05) is 0 Å². The van der Waals surface area contributed by atoms with Crippen LogP contribution < -0.4 is 10.5 Å². The van der Waals surface area contributed by atoms with E-state index >= 15 is 0 Å². The van der Waals surface area contributed by atoms with E-state index in [0.29, 0.717) is 28.1 Å². The molecule has 2 nitrogen and oxygen atoms in total. The van der Waals surface area contributed by atoms with Gasteiger partial charge in [0.15, 0.2) is 0 Å². The zero-order valence-corrected chi connectivity index (χ0v) is 9.53. The summed E-state index contributed by atoms with van der Waals surface area (Å²) in [5.74, 6) is 0.599. The van der Waals surface area contributed by atoms with Gasteiger partial charge in [-0.1, -0.05) is 36.5 Å². The number of anilines is 1. The molecule has 0 unspecified atom stereocenters. The summed E-state index contributed by atoms with van der Waals surface area (Å²) in [4.78, 5) is 0. The Morgan fingerprint density at radius 2 is 2.00 bits per heavy atom. The van der Waals surface area contributed by atoms with Gasteiger partial charge in [0.1, 0.15) is 5.75 Å². The highest BCUT2D eigenvalue weighted by Crippen LogP contribution is 2.32. The third-order valence-corrected chi connectivity index (χ3v) is 2.43. The van der Waals surface area contributed by atoms with E-state index in [-0.39, 0.29) is 0 Å². The molecule has 0 aliphatic rings. The lowest BCUT2D eigenvalue weighted by molar-refractivity contribution is 0.310. The summed E-state index contributed by atoms with van der Waals surface area (Å²) in [6.07, 6.45) is 2.08. The molecule has 0 heterocycles. The molecule has 0 aliphatic heterocycles. The number of nitrogens with two attached hydrogens (primary N) is 1. The minimum atomic E-state index is 0.456. The molecule has 0 fully saturated rings. The molecule has 78 valence electrons. The first-order valence-electron chi connectivity index (χ1n) is 4.52. The minimum absolute atomic E-state index is 0.456. The molecule has 1 aromatic rings. The predicted octanol–water partition coefficient (Wildman–Crippen LogP) is 3.75. The van der Waals surface area contributed by atoms with Gasteiger partial charge >= 0.3 is 0 Å². The van der Waals surface area contributed by atoms with Crippen LogP contribution in [0.2, 0.25) is 10.0 Å². The second-order valence-corrected chi connectivity index (χ2v) is 3.82. The van der Waals surface area contributed by atoms with Crippen molar-refractivity contribution < 1.29 is 4.74 Å². The van der Waals surface area contributed by atoms with Gasteiger partial charge in [-0.2, -0.15) is 0 Å².